The summed E-state index contributed by atoms with van der Waals surface area (Å²) in [7, 11) is 1.60. The Balaban J connectivity index is 1.76. The minimum atomic E-state index is -4.68. The van der Waals surface area contributed by atoms with Gasteiger partial charge in [-0.25, -0.2) is 9.97 Å². The number of aliphatic hydroxyl groups is 1. The Hall–Kier alpha value is -3.38. The van der Waals surface area contributed by atoms with E-state index in [1.54, 1.807) is 11.9 Å². The van der Waals surface area contributed by atoms with Gasteiger partial charge in [-0.05, 0) is 30.2 Å². The third-order valence-electron chi connectivity index (χ3n) is 6.63. The number of fused-ring (bicyclic) bond motifs is 1. The van der Waals surface area contributed by atoms with Crippen LogP contribution in [-0.2, 0) is 25.2 Å². The van der Waals surface area contributed by atoms with Gasteiger partial charge >= 0.3 is 12.4 Å². The minimum absolute atomic E-state index is 0.0105. The molecule has 1 atom stereocenters. The number of aryl methyl sites for hydroxylation is 1. The number of hydrogen-bond donors (Lipinski definition) is 1. The van der Waals surface area contributed by atoms with Gasteiger partial charge in [0.15, 0.2) is 5.60 Å². The van der Waals surface area contributed by atoms with E-state index in [0.717, 1.165) is 24.8 Å². The summed E-state index contributed by atoms with van der Waals surface area (Å²) in [5.41, 5.74) is -2.39. The molecule has 200 valence electrons. The Morgan fingerprint density at radius 3 is 2.24 bits per heavy atom. The van der Waals surface area contributed by atoms with Crippen molar-refractivity contribution in [3.05, 3.63) is 82.3 Å². The van der Waals surface area contributed by atoms with Crippen LogP contribution in [0.15, 0.2) is 49.1 Å². The Morgan fingerprint density at radius 2 is 1.71 bits per heavy atom. The van der Waals surface area contributed by atoms with Gasteiger partial charge in [0.2, 0.25) is 0 Å². The maximum absolute atomic E-state index is 13.5. The van der Waals surface area contributed by atoms with E-state index < -0.39 is 30.1 Å². The topological polar surface area (TPSA) is 67.1 Å². The largest absolute Gasteiger partial charge is 0.433 e. The molecule has 4 aromatic rings. The molecule has 0 radical (unpaired) electrons. The molecule has 13 heteroatoms. The molecule has 0 bridgehead atoms. The SMILES string of the molecule is Cn1cncc1C(O)(c1ccc(C(F)(F)F)nc1)c1ccc2nc(Cl)c(CC(F)(F)F)c(N3CCC3)c2c1. The van der Waals surface area contributed by atoms with E-state index in [1.807, 2.05) is 0 Å². The number of alkyl halides is 6. The maximum Gasteiger partial charge on any atom is 0.433 e. The molecule has 1 N–H and O–H groups in total. The molecule has 1 unspecified atom stereocenters. The zero-order valence-corrected chi connectivity index (χ0v) is 20.5. The highest BCUT2D eigenvalue weighted by Crippen LogP contribution is 2.43. The van der Waals surface area contributed by atoms with E-state index in [2.05, 4.69) is 15.0 Å². The van der Waals surface area contributed by atoms with Crippen LogP contribution in [0.2, 0.25) is 5.15 Å². The third-order valence-corrected chi connectivity index (χ3v) is 6.94. The highest BCUT2D eigenvalue weighted by atomic mass is 35.5. The summed E-state index contributed by atoms with van der Waals surface area (Å²) in [5, 5.41) is 12.2. The maximum atomic E-state index is 13.5. The zero-order chi connectivity index (χ0) is 27.5. The van der Waals surface area contributed by atoms with Crippen LogP contribution in [-0.4, -0.2) is 43.9 Å². The number of hydrogen-bond acceptors (Lipinski definition) is 5. The Morgan fingerprint density at radius 1 is 1.00 bits per heavy atom. The lowest BCUT2D eigenvalue weighted by molar-refractivity contribution is -0.141. The summed E-state index contributed by atoms with van der Waals surface area (Å²) in [4.78, 5) is 13.5. The van der Waals surface area contributed by atoms with E-state index >= 15 is 0 Å². The number of benzene rings is 1. The molecule has 1 fully saturated rings. The van der Waals surface area contributed by atoms with Crippen LogP contribution in [0, 0.1) is 0 Å². The molecule has 0 amide bonds. The molecule has 0 saturated carbocycles. The summed E-state index contributed by atoms with van der Waals surface area (Å²) < 4.78 is 81.4. The van der Waals surface area contributed by atoms with Crippen molar-refractivity contribution in [1.82, 2.24) is 19.5 Å². The standard InChI is InChI=1S/C25H20ClF6N5O/c1-36-13-33-12-20(36)24(38,15-4-6-19(34-11-15)25(30,31)32)14-3-5-18-16(9-14)21(37-7-2-8-37)17(22(26)35-18)10-23(27,28)29/h3-6,9,11-13,38H,2,7-8,10H2,1H3. The van der Waals surface area contributed by atoms with E-state index in [4.69, 9.17) is 11.6 Å². The Kier molecular flexibility index (Phi) is 6.30. The van der Waals surface area contributed by atoms with Crippen LogP contribution in [0.4, 0.5) is 32.0 Å². The number of rotatable bonds is 5. The summed E-state index contributed by atoms with van der Waals surface area (Å²) in [6.07, 6.45) is -6.05. The number of imidazole rings is 1. The average molecular weight is 556 g/mol. The minimum Gasteiger partial charge on any atom is -0.374 e. The van der Waals surface area contributed by atoms with Crippen molar-refractivity contribution in [3.63, 3.8) is 0 Å². The molecule has 3 aromatic heterocycles. The zero-order valence-electron chi connectivity index (χ0n) is 19.8. The molecule has 6 nitrogen and oxygen atoms in total. The van der Waals surface area contributed by atoms with Crippen molar-refractivity contribution in [2.75, 3.05) is 18.0 Å². The van der Waals surface area contributed by atoms with Gasteiger partial charge in [-0.15, -0.1) is 0 Å². The third kappa shape index (κ3) is 4.55. The van der Waals surface area contributed by atoms with Crippen LogP contribution in [0.3, 0.4) is 0 Å². The van der Waals surface area contributed by atoms with Gasteiger partial charge in [-0.2, -0.15) is 26.3 Å². The summed E-state index contributed by atoms with van der Waals surface area (Å²) in [6, 6.07) is 6.37. The summed E-state index contributed by atoms with van der Waals surface area (Å²) in [5.74, 6) is 0. The highest BCUT2D eigenvalue weighted by Gasteiger charge is 2.40. The average Bonchev–Trinajstić information content (AvgIpc) is 3.24. The van der Waals surface area contributed by atoms with Gasteiger partial charge < -0.3 is 14.6 Å². The van der Waals surface area contributed by atoms with Crippen molar-refractivity contribution < 1.29 is 31.4 Å². The monoisotopic (exact) mass is 555 g/mol. The Bertz CT molecular complexity index is 1500. The van der Waals surface area contributed by atoms with Crippen molar-refractivity contribution in [1.29, 1.82) is 0 Å². The van der Waals surface area contributed by atoms with Gasteiger partial charge in [0, 0.05) is 42.8 Å². The number of halogens is 7. The first-order valence-corrected chi connectivity index (χ1v) is 11.8. The second-order valence-electron chi connectivity index (χ2n) is 9.12. The molecule has 0 aliphatic carbocycles. The van der Waals surface area contributed by atoms with Crippen molar-refractivity contribution in [2.24, 2.45) is 7.05 Å². The van der Waals surface area contributed by atoms with Crippen molar-refractivity contribution in [3.8, 4) is 0 Å². The number of aromatic nitrogens is 4. The van der Waals surface area contributed by atoms with Crippen molar-refractivity contribution in [2.45, 2.75) is 30.8 Å². The number of pyridine rings is 2. The normalized spacial score (nSPS) is 16.0. The fourth-order valence-corrected chi connectivity index (χ4v) is 4.93. The first kappa shape index (κ1) is 26.2. The smallest absolute Gasteiger partial charge is 0.374 e. The highest BCUT2D eigenvalue weighted by molar-refractivity contribution is 6.31. The van der Waals surface area contributed by atoms with Gasteiger partial charge in [0.1, 0.15) is 10.8 Å². The van der Waals surface area contributed by atoms with Crippen LogP contribution in [0.25, 0.3) is 10.9 Å². The van der Waals surface area contributed by atoms with E-state index in [0.29, 0.717) is 24.0 Å². The molecule has 38 heavy (non-hydrogen) atoms. The molecule has 1 saturated heterocycles. The van der Waals surface area contributed by atoms with E-state index in [1.165, 1.54) is 35.3 Å². The quantitative estimate of drug-likeness (QED) is 0.255. The molecule has 4 heterocycles. The van der Waals surface area contributed by atoms with Crippen LogP contribution >= 0.6 is 11.6 Å². The Labute approximate surface area is 217 Å². The summed E-state index contributed by atoms with van der Waals surface area (Å²) in [6.45, 7) is 1.03. The van der Waals surface area contributed by atoms with Gasteiger partial charge in [-0.3, -0.25) is 4.98 Å². The second-order valence-corrected chi connectivity index (χ2v) is 9.48. The fraction of sp³-hybridized carbons (Fsp3) is 0.320. The fourth-order valence-electron chi connectivity index (χ4n) is 4.68. The lowest BCUT2D eigenvalue weighted by atomic mass is 9.83. The molecule has 1 aliphatic rings. The van der Waals surface area contributed by atoms with Crippen LogP contribution in [0.1, 0.15) is 34.5 Å². The molecule has 5 rings (SSSR count). The second kappa shape index (κ2) is 9.12. The van der Waals surface area contributed by atoms with Gasteiger partial charge in [0.05, 0.1) is 35.8 Å². The van der Waals surface area contributed by atoms with E-state index in [-0.39, 0.29) is 33.2 Å². The molecular formula is C25H20ClF6N5O. The molecule has 1 aromatic carbocycles. The van der Waals surface area contributed by atoms with Gasteiger partial charge in [-0.1, -0.05) is 23.7 Å². The molecule has 0 spiro atoms. The molecular weight excluding hydrogens is 536 g/mol. The lowest BCUT2D eigenvalue weighted by Gasteiger charge is -2.36. The van der Waals surface area contributed by atoms with Crippen molar-refractivity contribution >= 4 is 28.2 Å². The van der Waals surface area contributed by atoms with E-state index in [9.17, 15) is 31.4 Å². The number of nitrogens with zero attached hydrogens (tertiary/aromatic N) is 5. The lowest BCUT2D eigenvalue weighted by Crippen LogP contribution is -2.38. The molecule has 1 aliphatic heterocycles. The number of anilines is 1. The predicted molar refractivity (Wildman–Crippen MR) is 128 cm³/mol. The first-order chi connectivity index (χ1) is 17.8. The predicted octanol–water partition coefficient (Wildman–Crippen LogP) is 5.63. The van der Waals surface area contributed by atoms with Gasteiger partial charge in [0.25, 0.3) is 0 Å². The van der Waals surface area contributed by atoms with Crippen LogP contribution < -0.4 is 4.90 Å². The van der Waals surface area contributed by atoms with Crippen LogP contribution in [0.5, 0.6) is 0 Å². The first-order valence-electron chi connectivity index (χ1n) is 11.5. The summed E-state index contributed by atoms with van der Waals surface area (Å²) >= 11 is 6.22.